The van der Waals surface area contributed by atoms with Gasteiger partial charge in [0.15, 0.2) is 0 Å². The molecule has 4 heteroatoms. The molecule has 0 spiro atoms. The molecule has 2 N–H and O–H groups in total. The Morgan fingerprint density at radius 3 is 3.29 bits per heavy atom. The summed E-state index contributed by atoms with van der Waals surface area (Å²) in [4.78, 5) is 4.64. The van der Waals surface area contributed by atoms with Crippen molar-refractivity contribution in [3.63, 3.8) is 0 Å². The van der Waals surface area contributed by atoms with Crippen molar-refractivity contribution >= 4 is 23.1 Å². The van der Waals surface area contributed by atoms with E-state index < -0.39 is 0 Å². The predicted octanol–water partition coefficient (Wildman–Crippen LogP) is 2.60. The van der Waals surface area contributed by atoms with E-state index in [1.807, 2.05) is 18.3 Å². The highest BCUT2D eigenvalue weighted by Gasteiger charge is 2.15. The number of fused-ring (bicyclic) bond motifs is 1. The summed E-state index contributed by atoms with van der Waals surface area (Å²) in [7, 11) is 0. The molecule has 1 aliphatic heterocycles. The fourth-order valence-corrected chi connectivity index (χ4v) is 3.57. The van der Waals surface area contributed by atoms with E-state index in [2.05, 4.69) is 27.3 Å². The topological polar surface area (TPSA) is 43.3 Å². The maximum atomic E-state index is 5.76. The van der Waals surface area contributed by atoms with Crippen LogP contribution in [0.1, 0.15) is 18.5 Å². The molecule has 3 nitrogen and oxygen atoms in total. The van der Waals surface area contributed by atoms with Crippen LogP contribution < -0.4 is 5.73 Å². The number of nitrogens with zero attached hydrogens (tertiary/aromatic N) is 2. The third-order valence-corrected chi connectivity index (χ3v) is 4.57. The van der Waals surface area contributed by atoms with Crippen molar-refractivity contribution in [3.05, 3.63) is 30.2 Å². The molecule has 1 saturated heterocycles. The number of anilines is 1. The molecule has 0 amide bonds. The van der Waals surface area contributed by atoms with Crippen molar-refractivity contribution in [2.75, 3.05) is 17.2 Å². The van der Waals surface area contributed by atoms with Gasteiger partial charge in [-0.25, -0.2) is 4.98 Å². The molecule has 0 radical (unpaired) electrons. The second kappa shape index (κ2) is 4.61. The Labute approximate surface area is 105 Å². The minimum Gasteiger partial charge on any atom is -0.399 e. The molecule has 1 fully saturated rings. The number of rotatable bonds is 2. The molecule has 3 heterocycles. The lowest BCUT2D eigenvalue weighted by Gasteiger charge is -2.19. The quantitative estimate of drug-likeness (QED) is 0.887. The molecule has 0 bridgehead atoms. The van der Waals surface area contributed by atoms with Gasteiger partial charge in [-0.3, -0.25) is 0 Å². The Hall–Kier alpha value is -1.16. The first-order valence-corrected chi connectivity index (χ1v) is 7.27. The van der Waals surface area contributed by atoms with E-state index in [0.29, 0.717) is 0 Å². The molecular formula is C13H17N3S. The fraction of sp³-hybridized carbons (Fsp3) is 0.462. The van der Waals surface area contributed by atoms with Crippen LogP contribution in [0, 0.1) is 5.92 Å². The average Bonchev–Trinajstić information content (AvgIpc) is 2.71. The van der Waals surface area contributed by atoms with Crippen molar-refractivity contribution in [1.82, 2.24) is 9.38 Å². The van der Waals surface area contributed by atoms with Crippen molar-refractivity contribution in [2.24, 2.45) is 5.92 Å². The van der Waals surface area contributed by atoms with Crippen LogP contribution in [-0.4, -0.2) is 20.9 Å². The number of imidazole rings is 1. The van der Waals surface area contributed by atoms with E-state index in [4.69, 9.17) is 5.73 Å². The van der Waals surface area contributed by atoms with Gasteiger partial charge >= 0.3 is 0 Å². The lowest BCUT2D eigenvalue weighted by molar-refractivity contribution is 0.516. The third-order valence-electron chi connectivity index (χ3n) is 3.29. The summed E-state index contributed by atoms with van der Waals surface area (Å²) < 4.78 is 2.06. The monoisotopic (exact) mass is 247 g/mol. The SMILES string of the molecule is Nc1ccn2cc(CC3CCCSC3)nc2c1. The molecule has 0 aliphatic carbocycles. The minimum absolute atomic E-state index is 0.780. The zero-order valence-corrected chi connectivity index (χ0v) is 10.6. The van der Waals surface area contributed by atoms with Gasteiger partial charge in [0.25, 0.3) is 0 Å². The summed E-state index contributed by atoms with van der Waals surface area (Å²) >= 11 is 2.08. The maximum Gasteiger partial charge on any atom is 0.139 e. The first-order chi connectivity index (χ1) is 8.31. The second-order valence-corrected chi connectivity index (χ2v) is 5.89. The van der Waals surface area contributed by atoms with Crippen LogP contribution in [0.2, 0.25) is 0 Å². The third kappa shape index (κ3) is 2.41. The Balaban J connectivity index is 1.80. The predicted molar refractivity (Wildman–Crippen MR) is 73.4 cm³/mol. The Kier molecular flexibility index (Phi) is 2.97. The first-order valence-electron chi connectivity index (χ1n) is 6.12. The second-order valence-electron chi connectivity index (χ2n) is 4.75. The van der Waals surface area contributed by atoms with Crippen LogP contribution in [0.25, 0.3) is 5.65 Å². The van der Waals surface area contributed by atoms with Crippen LogP contribution in [-0.2, 0) is 6.42 Å². The van der Waals surface area contributed by atoms with Gasteiger partial charge in [0.2, 0.25) is 0 Å². The van der Waals surface area contributed by atoms with Gasteiger partial charge in [0, 0.05) is 24.1 Å². The smallest absolute Gasteiger partial charge is 0.139 e. The lowest BCUT2D eigenvalue weighted by atomic mass is 10.00. The summed E-state index contributed by atoms with van der Waals surface area (Å²) in [5.74, 6) is 3.42. The number of hydrogen-bond donors (Lipinski definition) is 1. The van der Waals surface area contributed by atoms with E-state index in [0.717, 1.165) is 23.7 Å². The Morgan fingerprint density at radius 1 is 1.53 bits per heavy atom. The first kappa shape index (κ1) is 11.0. The maximum absolute atomic E-state index is 5.76. The molecule has 17 heavy (non-hydrogen) atoms. The zero-order chi connectivity index (χ0) is 11.7. The molecule has 1 atom stereocenters. The van der Waals surface area contributed by atoms with Crippen molar-refractivity contribution < 1.29 is 0 Å². The number of nitrogens with two attached hydrogens (primary N) is 1. The van der Waals surface area contributed by atoms with Crippen molar-refractivity contribution in [3.8, 4) is 0 Å². The van der Waals surface area contributed by atoms with Gasteiger partial charge in [-0.1, -0.05) is 0 Å². The summed E-state index contributed by atoms with van der Waals surface area (Å²) in [6.07, 6.45) is 7.93. The highest BCUT2D eigenvalue weighted by Crippen LogP contribution is 2.25. The minimum atomic E-state index is 0.780. The number of aromatic nitrogens is 2. The number of pyridine rings is 1. The number of hydrogen-bond acceptors (Lipinski definition) is 3. The summed E-state index contributed by atoms with van der Waals surface area (Å²) in [6.45, 7) is 0. The molecule has 2 aromatic rings. The van der Waals surface area contributed by atoms with Gasteiger partial charge < -0.3 is 10.1 Å². The Bertz CT molecular complexity index is 514. The molecule has 90 valence electrons. The standard InChI is InChI=1S/C13H17N3S/c14-11-3-4-16-8-12(15-13(16)7-11)6-10-2-1-5-17-9-10/h3-4,7-8,10H,1-2,5-6,9,14H2. The molecule has 2 aromatic heterocycles. The largest absolute Gasteiger partial charge is 0.399 e. The lowest BCUT2D eigenvalue weighted by Crippen LogP contribution is -2.13. The fourth-order valence-electron chi connectivity index (χ4n) is 2.41. The number of nitrogen functional groups attached to an aromatic ring is 1. The number of thioether (sulfide) groups is 1. The normalized spacial score (nSPS) is 20.8. The van der Waals surface area contributed by atoms with Gasteiger partial charge in [-0.2, -0.15) is 11.8 Å². The Morgan fingerprint density at radius 2 is 2.47 bits per heavy atom. The summed E-state index contributed by atoms with van der Waals surface area (Å²) in [6, 6.07) is 3.84. The zero-order valence-electron chi connectivity index (χ0n) is 9.80. The van der Waals surface area contributed by atoms with Gasteiger partial charge in [-0.05, 0) is 42.8 Å². The van der Waals surface area contributed by atoms with E-state index in [1.54, 1.807) is 0 Å². The molecule has 0 saturated carbocycles. The highest BCUT2D eigenvalue weighted by molar-refractivity contribution is 7.99. The summed E-state index contributed by atoms with van der Waals surface area (Å²) in [5.41, 5.74) is 8.70. The molecule has 0 aromatic carbocycles. The highest BCUT2D eigenvalue weighted by atomic mass is 32.2. The van der Waals surface area contributed by atoms with E-state index in [1.165, 1.54) is 30.0 Å². The van der Waals surface area contributed by atoms with Crippen LogP contribution >= 0.6 is 11.8 Å². The molecule has 3 rings (SSSR count). The van der Waals surface area contributed by atoms with Gasteiger partial charge in [0.05, 0.1) is 5.69 Å². The van der Waals surface area contributed by atoms with Crippen LogP contribution in [0.15, 0.2) is 24.5 Å². The van der Waals surface area contributed by atoms with Crippen molar-refractivity contribution in [1.29, 1.82) is 0 Å². The van der Waals surface area contributed by atoms with E-state index in [9.17, 15) is 0 Å². The van der Waals surface area contributed by atoms with Crippen LogP contribution in [0.4, 0.5) is 5.69 Å². The summed E-state index contributed by atoms with van der Waals surface area (Å²) in [5, 5.41) is 0. The van der Waals surface area contributed by atoms with E-state index in [-0.39, 0.29) is 0 Å². The van der Waals surface area contributed by atoms with E-state index >= 15 is 0 Å². The average molecular weight is 247 g/mol. The van der Waals surface area contributed by atoms with Crippen LogP contribution in [0.3, 0.4) is 0 Å². The van der Waals surface area contributed by atoms with Gasteiger partial charge in [-0.15, -0.1) is 0 Å². The molecule has 1 aliphatic rings. The van der Waals surface area contributed by atoms with Crippen LogP contribution in [0.5, 0.6) is 0 Å². The van der Waals surface area contributed by atoms with Gasteiger partial charge in [0.1, 0.15) is 5.65 Å². The molecular weight excluding hydrogens is 230 g/mol. The molecule has 1 unspecified atom stereocenters. The van der Waals surface area contributed by atoms with Crippen molar-refractivity contribution in [2.45, 2.75) is 19.3 Å².